The van der Waals surface area contributed by atoms with Gasteiger partial charge in [-0.25, -0.2) is 0 Å². The molecule has 0 atom stereocenters. The van der Waals surface area contributed by atoms with Gasteiger partial charge in [0, 0.05) is 18.2 Å². The van der Waals surface area contributed by atoms with E-state index in [-0.39, 0.29) is 11.5 Å². The lowest BCUT2D eigenvalue weighted by molar-refractivity contribution is 0.444. The van der Waals surface area contributed by atoms with Gasteiger partial charge in [0.1, 0.15) is 22.1 Å². The van der Waals surface area contributed by atoms with Gasteiger partial charge in [0.2, 0.25) is 0 Å². The summed E-state index contributed by atoms with van der Waals surface area (Å²) in [4.78, 5) is -0.398. The molecule has 6 heteroatoms. The Balaban J connectivity index is 1.78. The molecule has 2 rings (SSSR count). The van der Waals surface area contributed by atoms with Crippen molar-refractivity contribution in [3.63, 3.8) is 0 Å². The molecule has 0 heterocycles. The predicted octanol–water partition coefficient (Wildman–Crippen LogP) is 7.28. The van der Waals surface area contributed by atoms with E-state index in [9.17, 15) is 18.1 Å². The molecular weight excluding hydrogens is 412 g/mol. The standard InChI is InChI=1S/C25H36O5S/c1-2-3-4-5-6-7-8-9-10-11-12-15-21-16-13-14-17-25(21)30-23-18-22(26)19-24(20-23)31(27,28)29/h13-14,16-20,26H,2-12,15H2,1H3,(H,27,28,29). The van der Waals surface area contributed by atoms with Crippen molar-refractivity contribution in [3.05, 3.63) is 48.0 Å². The van der Waals surface area contributed by atoms with E-state index in [1.165, 1.54) is 76.3 Å². The fourth-order valence-corrected chi connectivity index (χ4v) is 4.22. The summed E-state index contributed by atoms with van der Waals surface area (Å²) in [5.41, 5.74) is 1.04. The number of hydrogen-bond donors (Lipinski definition) is 2. The van der Waals surface area contributed by atoms with Gasteiger partial charge in [-0.1, -0.05) is 89.3 Å². The number of aryl methyl sites for hydroxylation is 1. The van der Waals surface area contributed by atoms with Gasteiger partial charge in [0.05, 0.1) is 0 Å². The molecule has 0 radical (unpaired) electrons. The highest BCUT2D eigenvalue weighted by Crippen LogP contribution is 2.31. The first-order valence-corrected chi connectivity index (χ1v) is 12.9. The van der Waals surface area contributed by atoms with Crippen molar-refractivity contribution < 1.29 is 22.8 Å². The second-order valence-corrected chi connectivity index (χ2v) is 9.55. The number of aromatic hydroxyl groups is 1. The maximum Gasteiger partial charge on any atom is 0.294 e. The molecule has 2 aromatic carbocycles. The number of phenols is 1. The van der Waals surface area contributed by atoms with E-state index >= 15 is 0 Å². The van der Waals surface area contributed by atoms with E-state index < -0.39 is 15.0 Å². The third-order valence-electron chi connectivity index (χ3n) is 5.41. The van der Waals surface area contributed by atoms with Gasteiger partial charge in [-0.05, 0) is 24.5 Å². The number of phenolic OH excluding ortho intramolecular Hbond substituents is 1. The molecule has 0 spiro atoms. The van der Waals surface area contributed by atoms with Gasteiger partial charge in [0.25, 0.3) is 10.1 Å². The van der Waals surface area contributed by atoms with Crippen LogP contribution in [0.5, 0.6) is 17.2 Å². The molecule has 0 fully saturated rings. The maximum absolute atomic E-state index is 11.4. The Morgan fingerprint density at radius 2 is 1.39 bits per heavy atom. The number of rotatable bonds is 15. The largest absolute Gasteiger partial charge is 0.508 e. The molecule has 0 unspecified atom stereocenters. The monoisotopic (exact) mass is 448 g/mol. The van der Waals surface area contributed by atoms with E-state index in [1.807, 2.05) is 24.3 Å². The number of ether oxygens (including phenoxy) is 1. The second-order valence-electron chi connectivity index (χ2n) is 8.13. The lowest BCUT2D eigenvalue weighted by Gasteiger charge is -2.12. The van der Waals surface area contributed by atoms with Crippen LogP contribution in [0.3, 0.4) is 0 Å². The summed E-state index contributed by atoms with van der Waals surface area (Å²) in [5, 5.41) is 9.76. The Bertz CT molecular complexity index is 893. The number of benzene rings is 2. The van der Waals surface area contributed by atoms with Gasteiger partial charge in [-0.3, -0.25) is 4.55 Å². The highest BCUT2D eigenvalue weighted by Gasteiger charge is 2.14. The van der Waals surface area contributed by atoms with E-state index in [0.29, 0.717) is 5.75 Å². The highest BCUT2D eigenvalue weighted by atomic mass is 32.2. The summed E-state index contributed by atoms with van der Waals surface area (Å²) in [5.74, 6) is 0.508. The molecule has 0 bridgehead atoms. The first-order valence-electron chi connectivity index (χ1n) is 11.5. The third-order valence-corrected chi connectivity index (χ3v) is 6.24. The average Bonchev–Trinajstić information content (AvgIpc) is 2.72. The Morgan fingerprint density at radius 3 is 2.00 bits per heavy atom. The first kappa shape index (κ1) is 25.2. The molecule has 2 aromatic rings. The third kappa shape index (κ3) is 9.74. The molecule has 2 N–H and O–H groups in total. The number of para-hydroxylation sites is 1. The SMILES string of the molecule is CCCCCCCCCCCCCc1ccccc1Oc1cc(O)cc(S(=O)(=O)O)c1. The van der Waals surface area contributed by atoms with Gasteiger partial charge in [-0.15, -0.1) is 0 Å². The lowest BCUT2D eigenvalue weighted by Crippen LogP contribution is -1.99. The summed E-state index contributed by atoms with van der Waals surface area (Å²) in [6, 6.07) is 11.1. The van der Waals surface area contributed by atoms with E-state index in [1.54, 1.807) is 0 Å². The van der Waals surface area contributed by atoms with Crippen molar-refractivity contribution in [2.45, 2.75) is 88.9 Å². The van der Waals surface area contributed by atoms with Crippen LogP contribution in [-0.2, 0) is 16.5 Å². The fourth-order valence-electron chi connectivity index (χ4n) is 3.68. The molecule has 0 saturated carbocycles. The Labute approximate surface area is 187 Å². The van der Waals surface area contributed by atoms with Crippen LogP contribution >= 0.6 is 0 Å². The maximum atomic E-state index is 11.4. The zero-order chi connectivity index (χ0) is 22.5. The Morgan fingerprint density at radius 1 is 0.806 bits per heavy atom. The van der Waals surface area contributed by atoms with Crippen molar-refractivity contribution in [3.8, 4) is 17.2 Å². The molecule has 31 heavy (non-hydrogen) atoms. The van der Waals surface area contributed by atoms with Crippen LogP contribution in [0.15, 0.2) is 47.4 Å². The van der Waals surface area contributed by atoms with Gasteiger partial charge in [-0.2, -0.15) is 8.42 Å². The first-order chi connectivity index (χ1) is 14.9. The quantitative estimate of drug-likeness (QED) is 0.221. The van der Waals surface area contributed by atoms with Gasteiger partial charge >= 0.3 is 0 Å². The number of unbranched alkanes of at least 4 members (excludes halogenated alkanes) is 10. The summed E-state index contributed by atoms with van der Waals surface area (Å²) in [6.07, 6.45) is 15.1. The summed E-state index contributed by atoms with van der Waals surface area (Å²) in [6.45, 7) is 2.25. The van der Waals surface area contributed by atoms with Crippen LogP contribution < -0.4 is 4.74 Å². The minimum Gasteiger partial charge on any atom is -0.508 e. The molecule has 0 saturated heterocycles. The van der Waals surface area contributed by atoms with Gasteiger partial charge in [0.15, 0.2) is 0 Å². The minimum atomic E-state index is -4.42. The molecule has 0 amide bonds. The van der Waals surface area contributed by atoms with Crippen molar-refractivity contribution in [2.75, 3.05) is 0 Å². The number of hydrogen-bond acceptors (Lipinski definition) is 4. The fraction of sp³-hybridized carbons (Fsp3) is 0.520. The van der Waals surface area contributed by atoms with Gasteiger partial charge < -0.3 is 9.84 Å². The topological polar surface area (TPSA) is 83.8 Å². The van der Waals surface area contributed by atoms with Crippen molar-refractivity contribution in [1.82, 2.24) is 0 Å². The van der Waals surface area contributed by atoms with Crippen LogP contribution in [0.4, 0.5) is 0 Å². The summed E-state index contributed by atoms with van der Waals surface area (Å²) >= 11 is 0. The molecule has 0 aliphatic rings. The van der Waals surface area contributed by atoms with E-state index in [4.69, 9.17) is 4.74 Å². The second kappa shape index (κ2) is 13.4. The molecule has 5 nitrogen and oxygen atoms in total. The van der Waals surface area contributed by atoms with Crippen molar-refractivity contribution in [1.29, 1.82) is 0 Å². The smallest absolute Gasteiger partial charge is 0.294 e. The summed E-state index contributed by atoms with van der Waals surface area (Å²) in [7, 11) is -4.42. The zero-order valence-electron chi connectivity index (χ0n) is 18.6. The van der Waals surface area contributed by atoms with Crippen LogP contribution in [0.25, 0.3) is 0 Å². The van der Waals surface area contributed by atoms with Crippen LogP contribution in [0.2, 0.25) is 0 Å². The highest BCUT2D eigenvalue weighted by molar-refractivity contribution is 7.85. The molecule has 0 aliphatic heterocycles. The van der Waals surface area contributed by atoms with Crippen LogP contribution in [-0.4, -0.2) is 18.1 Å². The van der Waals surface area contributed by atoms with Crippen LogP contribution in [0.1, 0.15) is 83.1 Å². The van der Waals surface area contributed by atoms with E-state index in [0.717, 1.165) is 24.5 Å². The zero-order valence-corrected chi connectivity index (χ0v) is 19.4. The lowest BCUT2D eigenvalue weighted by atomic mass is 10.0. The minimum absolute atomic E-state index is 0.166. The molecule has 172 valence electrons. The molecular formula is C25H36O5S. The molecule has 0 aliphatic carbocycles. The predicted molar refractivity (Wildman–Crippen MR) is 125 cm³/mol. The summed E-state index contributed by atoms with van der Waals surface area (Å²) < 4.78 is 37.8. The van der Waals surface area contributed by atoms with Crippen molar-refractivity contribution in [2.24, 2.45) is 0 Å². The molecule has 0 aromatic heterocycles. The van der Waals surface area contributed by atoms with Crippen LogP contribution in [0, 0.1) is 0 Å². The normalized spacial score (nSPS) is 11.5. The van der Waals surface area contributed by atoms with E-state index in [2.05, 4.69) is 6.92 Å². The van der Waals surface area contributed by atoms with Crippen molar-refractivity contribution >= 4 is 10.1 Å². The Hall–Kier alpha value is -2.05. The average molecular weight is 449 g/mol. The Kier molecular flexibility index (Phi) is 10.9.